The molecule has 1 aromatic rings. The fourth-order valence-electron chi connectivity index (χ4n) is 2.14. The standard InChI is InChI=1S/C13H24N2O/c1-3-5-11(2)10-12(15-14)7-8-13-6-4-9-16-13/h4,6,9,11-12,15H,3,5,7-8,10,14H2,1-2H3. The smallest absolute Gasteiger partial charge is 0.103 e. The first-order valence-electron chi connectivity index (χ1n) is 6.24. The van der Waals surface area contributed by atoms with Crippen LogP contribution in [0.1, 0.15) is 45.3 Å². The van der Waals surface area contributed by atoms with E-state index >= 15 is 0 Å². The average molecular weight is 224 g/mol. The van der Waals surface area contributed by atoms with E-state index in [-0.39, 0.29) is 0 Å². The van der Waals surface area contributed by atoms with Gasteiger partial charge in [-0.25, -0.2) is 0 Å². The van der Waals surface area contributed by atoms with Gasteiger partial charge in [0.15, 0.2) is 0 Å². The van der Waals surface area contributed by atoms with E-state index in [1.165, 1.54) is 12.8 Å². The Labute approximate surface area is 98.4 Å². The van der Waals surface area contributed by atoms with Crippen LogP contribution in [0.3, 0.4) is 0 Å². The van der Waals surface area contributed by atoms with Gasteiger partial charge in [0.25, 0.3) is 0 Å². The Hall–Kier alpha value is -0.800. The Bertz CT molecular complexity index is 259. The maximum Gasteiger partial charge on any atom is 0.103 e. The molecular weight excluding hydrogens is 200 g/mol. The van der Waals surface area contributed by atoms with Gasteiger partial charge in [-0.2, -0.15) is 0 Å². The lowest BCUT2D eigenvalue weighted by molar-refractivity contribution is 0.362. The molecule has 0 amide bonds. The van der Waals surface area contributed by atoms with Gasteiger partial charge in [0.05, 0.1) is 6.26 Å². The van der Waals surface area contributed by atoms with E-state index in [9.17, 15) is 0 Å². The van der Waals surface area contributed by atoms with E-state index in [0.717, 1.165) is 30.9 Å². The second-order valence-corrected chi connectivity index (χ2v) is 4.61. The van der Waals surface area contributed by atoms with Gasteiger partial charge >= 0.3 is 0 Å². The molecule has 0 aromatic carbocycles. The van der Waals surface area contributed by atoms with Crippen LogP contribution >= 0.6 is 0 Å². The van der Waals surface area contributed by atoms with Gasteiger partial charge in [0, 0.05) is 12.5 Å². The molecule has 0 saturated heterocycles. The van der Waals surface area contributed by atoms with Gasteiger partial charge in [-0.1, -0.05) is 26.7 Å². The van der Waals surface area contributed by atoms with Crippen molar-refractivity contribution in [2.24, 2.45) is 11.8 Å². The molecule has 1 heterocycles. The molecule has 2 atom stereocenters. The molecule has 0 spiro atoms. The minimum absolute atomic E-state index is 0.395. The average Bonchev–Trinajstić information content (AvgIpc) is 2.77. The first-order valence-corrected chi connectivity index (χ1v) is 6.24. The first kappa shape index (κ1) is 13.3. The van der Waals surface area contributed by atoms with Crippen molar-refractivity contribution in [2.75, 3.05) is 0 Å². The Balaban J connectivity index is 2.26. The van der Waals surface area contributed by atoms with Crippen LogP contribution in [0.5, 0.6) is 0 Å². The minimum atomic E-state index is 0.395. The van der Waals surface area contributed by atoms with E-state index in [1.54, 1.807) is 6.26 Å². The summed E-state index contributed by atoms with van der Waals surface area (Å²) in [6, 6.07) is 4.34. The van der Waals surface area contributed by atoms with Crippen molar-refractivity contribution >= 4 is 0 Å². The van der Waals surface area contributed by atoms with Gasteiger partial charge in [-0.15, -0.1) is 0 Å². The van der Waals surface area contributed by atoms with E-state index in [2.05, 4.69) is 19.3 Å². The zero-order valence-electron chi connectivity index (χ0n) is 10.4. The van der Waals surface area contributed by atoms with Crippen LogP contribution in [0.2, 0.25) is 0 Å². The lowest BCUT2D eigenvalue weighted by Gasteiger charge is -2.19. The summed E-state index contributed by atoms with van der Waals surface area (Å²) in [6.07, 6.45) is 7.39. The lowest BCUT2D eigenvalue weighted by Crippen LogP contribution is -2.36. The van der Waals surface area contributed by atoms with Gasteiger partial charge in [0.1, 0.15) is 5.76 Å². The van der Waals surface area contributed by atoms with Crippen molar-refractivity contribution in [3.05, 3.63) is 24.2 Å². The Morgan fingerprint density at radius 1 is 1.44 bits per heavy atom. The van der Waals surface area contributed by atoms with Crippen LogP contribution in [0, 0.1) is 5.92 Å². The molecule has 3 nitrogen and oxygen atoms in total. The molecule has 0 aliphatic heterocycles. The second kappa shape index (κ2) is 7.47. The highest BCUT2D eigenvalue weighted by molar-refractivity contribution is 4.98. The molecule has 0 radical (unpaired) electrons. The summed E-state index contributed by atoms with van der Waals surface area (Å²) in [7, 11) is 0. The number of aryl methyl sites for hydroxylation is 1. The lowest BCUT2D eigenvalue weighted by atomic mass is 9.95. The SMILES string of the molecule is CCCC(C)CC(CCc1ccco1)NN. The molecule has 3 heteroatoms. The number of hydrogen-bond donors (Lipinski definition) is 2. The van der Waals surface area contributed by atoms with Gasteiger partial charge in [-0.05, 0) is 30.9 Å². The largest absolute Gasteiger partial charge is 0.469 e. The zero-order valence-corrected chi connectivity index (χ0v) is 10.4. The molecule has 0 saturated carbocycles. The highest BCUT2D eigenvalue weighted by atomic mass is 16.3. The maximum atomic E-state index is 5.58. The van der Waals surface area contributed by atoms with Crippen LogP contribution in [-0.4, -0.2) is 6.04 Å². The molecule has 92 valence electrons. The number of nitrogens with one attached hydrogen (secondary N) is 1. The quantitative estimate of drug-likeness (QED) is 0.527. The summed E-state index contributed by atoms with van der Waals surface area (Å²) in [5, 5.41) is 0. The molecule has 3 N–H and O–H groups in total. The van der Waals surface area contributed by atoms with E-state index in [4.69, 9.17) is 10.3 Å². The molecule has 1 rings (SSSR count). The molecule has 16 heavy (non-hydrogen) atoms. The number of furan rings is 1. The van der Waals surface area contributed by atoms with Crippen LogP contribution in [-0.2, 0) is 6.42 Å². The summed E-state index contributed by atoms with van der Waals surface area (Å²) >= 11 is 0. The third kappa shape index (κ3) is 4.81. The van der Waals surface area contributed by atoms with E-state index < -0.39 is 0 Å². The van der Waals surface area contributed by atoms with Gasteiger partial charge in [-0.3, -0.25) is 11.3 Å². The maximum absolute atomic E-state index is 5.58. The molecule has 0 aliphatic rings. The Kier molecular flexibility index (Phi) is 6.19. The molecule has 2 unspecified atom stereocenters. The van der Waals surface area contributed by atoms with Crippen LogP contribution in [0.25, 0.3) is 0 Å². The number of nitrogens with two attached hydrogens (primary N) is 1. The van der Waals surface area contributed by atoms with Crippen molar-refractivity contribution in [1.82, 2.24) is 5.43 Å². The predicted octanol–water partition coefficient (Wildman–Crippen LogP) is 2.87. The van der Waals surface area contributed by atoms with E-state index in [1.807, 2.05) is 12.1 Å². The van der Waals surface area contributed by atoms with Crippen LogP contribution in [0.15, 0.2) is 22.8 Å². The molecular formula is C13H24N2O. The highest BCUT2D eigenvalue weighted by Crippen LogP contribution is 2.15. The van der Waals surface area contributed by atoms with Crippen LogP contribution in [0.4, 0.5) is 0 Å². The summed E-state index contributed by atoms with van der Waals surface area (Å²) in [5.41, 5.74) is 2.91. The summed E-state index contributed by atoms with van der Waals surface area (Å²) in [6.45, 7) is 4.52. The second-order valence-electron chi connectivity index (χ2n) is 4.61. The van der Waals surface area contributed by atoms with Crippen molar-refractivity contribution < 1.29 is 4.42 Å². The predicted molar refractivity (Wildman–Crippen MR) is 66.8 cm³/mol. The zero-order chi connectivity index (χ0) is 11.8. The van der Waals surface area contributed by atoms with Gasteiger partial charge in [0.2, 0.25) is 0 Å². The topological polar surface area (TPSA) is 51.2 Å². The fraction of sp³-hybridized carbons (Fsp3) is 0.692. The molecule has 0 aliphatic carbocycles. The molecule has 0 fully saturated rings. The third-order valence-corrected chi connectivity index (χ3v) is 3.02. The Morgan fingerprint density at radius 2 is 2.25 bits per heavy atom. The van der Waals surface area contributed by atoms with Crippen molar-refractivity contribution in [2.45, 2.75) is 52.0 Å². The fourth-order valence-corrected chi connectivity index (χ4v) is 2.14. The summed E-state index contributed by atoms with van der Waals surface area (Å²) in [4.78, 5) is 0. The minimum Gasteiger partial charge on any atom is -0.469 e. The van der Waals surface area contributed by atoms with Crippen molar-refractivity contribution in [3.63, 3.8) is 0 Å². The summed E-state index contributed by atoms with van der Waals surface area (Å²) < 4.78 is 5.31. The number of rotatable bonds is 8. The monoisotopic (exact) mass is 224 g/mol. The summed E-state index contributed by atoms with van der Waals surface area (Å²) in [5.74, 6) is 7.36. The van der Waals surface area contributed by atoms with Crippen LogP contribution < -0.4 is 11.3 Å². The normalized spacial score (nSPS) is 14.9. The number of hydrazine groups is 1. The third-order valence-electron chi connectivity index (χ3n) is 3.02. The Morgan fingerprint density at radius 3 is 2.81 bits per heavy atom. The molecule has 1 aromatic heterocycles. The van der Waals surface area contributed by atoms with Crippen molar-refractivity contribution in [1.29, 1.82) is 0 Å². The van der Waals surface area contributed by atoms with Gasteiger partial charge < -0.3 is 4.42 Å². The highest BCUT2D eigenvalue weighted by Gasteiger charge is 2.12. The number of hydrogen-bond acceptors (Lipinski definition) is 3. The first-order chi connectivity index (χ1) is 7.76. The molecule has 0 bridgehead atoms. The van der Waals surface area contributed by atoms with Crippen molar-refractivity contribution in [3.8, 4) is 0 Å². The van der Waals surface area contributed by atoms with E-state index in [0.29, 0.717) is 6.04 Å².